The van der Waals surface area contributed by atoms with Crippen LogP contribution < -0.4 is 0 Å². The summed E-state index contributed by atoms with van der Waals surface area (Å²) >= 11 is 0. The SMILES string of the molecule is CCCCc1c[c-]c(-c2ccccn2)cc1.CCCCc1c[c-]c(-c2ccccn2)cc1.CCCCc1c[c-]c(-c2ccccn2)cc1.[Ir+3]. The van der Waals surface area contributed by atoms with Gasteiger partial charge < -0.3 is 15.0 Å². The first-order valence-electron chi connectivity index (χ1n) is 17.5. The van der Waals surface area contributed by atoms with Gasteiger partial charge in [-0.15, -0.1) is 106 Å². The predicted octanol–water partition coefficient (Wildman–Crippen LogP) is 11.7. The molecular formula is C45H48IrN3. The largest absolute Gasteiger partial charge is 3.00 e. The van der Waals surface area contributed by atoms with E-state index in [1.165, 1.54) is 55.2 Å². The Morgan fingerprint density at radius 3 is 0.918 bits per heavy atom. The standard InChI is InChI=1S/3C15H16N.Ir/c3*1-2-3-6-13-8-10-14(11-9-13)15-7-4-5-12-16-15;/h3*4-5,7-10,12H,2-3,6H2,1H3;/q3*-1;+3. The fraction of sp³-hybridized carbons (Fsp3) is 0.267. The minimum Gasteiger partial charge on any atom is -0.305 e. The Morgan fingerprint density at radius 1 is 0.408 bits per heavy atom. The normalized spacial score (nSPS) is 10.1. The fourth-order valence-electron chi connectivity index (χ4n) is 5.02. The van der Waals surface area contributed by atoms with Crippen LogP contribution in [0.25, 0.3) is 33.8 Å². The Labute approximate surface area is 308 Å². The second kappa shape index (κ2) is 23.2. The van der Waals surface area contributed by atoms with Crippen molar-refractivity contribution >= 4 is 0 Å². The summed E-state index contributed by atoms with van der Waals surface area (Å²) in [4.78, 5) is 12.9. The molecule has 0 aliphatic heterocycles. The molecule has 0 aliphatic carbocycles. The molecule has 0 unspecified atom stereocenters. The zero-order chi connectivity index (χ0) is 33.7. The van der Waals surface area contributed by atoms with Gasteiger partial charge in [0.25, 0.3) is 0 Å². The number of pyridine rings is 3. The molecule has 49 heavy (non-hydrogen) atoms. The van der Waals surface area contributed by atoms with Gasteiger partial charge in [-0.2, -0.15) is 0 Å². The summed E-state index contributed by atoms with van der Waals surface area (Å²) in [5.41, 5.74) is 10.3. The van der Waals surface area contributed by atoms with Crippen LogP contribution in [0, 0.1) is 18.2 Å². The molecule has 6 rings (SSSR count). The molecule has 0 atom stereocenters. The van der Waals surface area contributed by atoms with Crippen molar-refractivity contribution in [2.24, 2.45) is 0 Å². The van der Waals surface area contributed by atoms with Gasteiger partial charge in [0.05, 0.1) is 0 Å². The van der Waals surface area contributed by atoms with E-state index >= 15 is 0 Å². The zero-order valence-electron chi connectivity index (χ0n) is 29.2. The van der Waals surface area contributed by atoms with E-state index in [9.17, 15) is 0 Å². The van der Waals surface area contributed by atoms with Gasteiger partial charge >= 0.3 is 20.1 Å². The van der Waals surface area contributed by atoms with Crippen LogP contribution >= 0.6 is 0 Å². The van der Waals surface area contributed by atoms with E-state index in [4.69, 9.17) is 0 Å². The number of rotatable bonds is 12. The molecule has 252 valence electrons. The monoisotopic (exact) mass is 823 g/mol. The van der Waals surface area contributed by atoms with Crippen molar-refractivity contribution < 1.29 is 20.1 Å². The van der Waals surface area contributed by atoms with Crippen LogP contribution in [0.3, 0.4) is 0 Å². The van der Waals surface area contributed by atoms with Gasteiger partial charge in [0.15, 0.2) is 0 Å². The quantitative estimate of drug-likeness (QED) is 0.115. The van der Waals surface area contributed by atoms with E-state index in [0.29, 0.717) is 0 Å². The molecule has 0 saturated carbocycles. The van der Waals surface area contributed by atoms with Gasteiger partial charge in [0, 0.05) is 18.6 Å². The number of unbranched alkanes of at least 4 members (excludes halogenated alkanes) is 3. The average Bonchev–Trinajstić information content (AvgIpc) is 3.17. The number of aryl methyl sites for hydroxylation is 3. The van der Waals surface area contributed by atoms with Crippen molar-refractivity contribution in [1.82, 2.24) is 15.0 Å². The Hall–Kier alpha value is -4.24. The van der Waals surface area contributed by atoms with Gasteiger partial charge in [-0.3, -0.25) is 0 Å². The van der Waals surface area contributed by atoms with Gasteiger partial charge in [-0.25, -0.2) is 0 Å². The van der Waals surface area contributed by atoms with E-state index in [0.717, 1.165) is 53.0 Å². The Kier molecular flexibility index (Phi) is 18.5. The van der Waals surface area contributed by atoms with Gasteiger partial charge in [0.1, 0.15) is 0 Å². The summed E-state index contributed by atoms with van der Waals surface area (Å²) in [5.74, 6) is 0. The van der Waals surface area contributed by atoms with E-state index in [1.54, 1.807) is 0 Å². The zero-order valence-corrected chi connectivity index (χ0v) is 31.6. The second-order valence-electron chi connectivity index (χ2n) is 11.8. The molecule has 0 spiro atoms. The van der Waals surface area contributed by atoms with Crippen LogP contribution in [0.4, 0.5) is 0 Å². The first kappa shape index (κ1) is 39.2. The summed E-state index contributed by atoms with van der Waals surface area (Å²) in [6.07, 6.45) is 16.3. The number of hydrogen-bond acceptors (Lipinski definition) is 3. The maximum atomic E-state index is 4.31. The smallest absolute Gasteiger partial charge is 0.305 e. The summed E-state index contributed by atoms with van der Waals surface area (Å²) < 4.78 is 0. The summed E-state index contributed by atoms with van der Waals surface area (Å²) in [5, 5.41) is 0. The predicted molar refractivity (Wildman–Crippen MR) is 201 cm³/mol. The molecule has 3 aromatic heterocycles. The molecule has 0 amide bonds. The van der Waals surface area contributed by atoms with Gasteiger partial charge in [-0.1, -0.05) is 115 Å². The number of benzene rings is 3. The number of hydrogen-bond donors (Lipinski definition) is 0. The average molecular weight is 823 g/mol. The van der Waals surface area contributed by atoms with Crippen LogP contribution in [-0.2, 0) is 39.4 Å². The molecule has 3 heterocycles. The molecular weight excluding hydrogens is 775 g/mol. The van der Waals surface area contributed by atoms with Crippen molar-refractivity contribution in [3.63, 3.8) is 0 Å². The van der Waals surface area contributed by atoms with Crippen LogP contribution in [0.15, 0.2) is 128 Å². The molecule has 3 nitrogen and oxygen atoms in total. The topological polar surface area (TPSA) is 38.7 Å². The summed E-state index contributed by atoms with van der Waals surface area (Å²) in [6, 6.07) is 46.8. The molecule has 0 fully saturated rings. The third-order valence-corrected chi connectivity index (χ3v) is 7.91. The Balaban J connectivity index is 0.000000197. The third-order valence-electron chi connectivity index (χ3n) is 7.91. The van der Waals surface area contributed by atoms with Crippen molar-refractivity contribution in [2.75, 3.05) is 0 Å². The molecule has 0 bridgehead atoms. The Morgan fingerprint density at radius 2 is 0.714 bits per heavy atom. The first-order chi connectivity index (χ1) is 23.7. The van der Waals surface area contributed by atoms with Crippen molar-refractivity contribution in [3.8, 4) is 33.8 Å². The fourth-order valence-corrected chi connectivity index (χ4v) is 5.02. The van der Waals surface area contributed by atoms with E-state index < -0.39 is 0 Å². The van der Waals surface area contributed by atoms with Crippen LogP contribution in [0.2, 0.25) is 0 Å². The summed E-state index contributed by atoms with van der Waals surface area (Å²) in [7, 11) is 0. The molecule has 0 aliphatic rings. The van der Waals surface area contributed by atoms with Crippen LogP contribution in [0.5, 0.6) is 0 Å². The maximum Gasteiger partial charge on any atom is 3.00 e. The molecule has 4 heteroatoms. The van der Waals surface area contributed by atoms with E-state index in [2.05, 4.69) is 109 Å². The van der Waals surface area contributed by atoms with E-state index in [-0.39, 0.29) is 20.1 Å². The molecule has 0 radical (unpaired) electrons. The molecule has 6 aromatic rings. The molecule has 0 N–H and O–H groups in total. The number of aromatic nitrogens is 3. The van der Waals surface area contributed by atoms with Crippen molar-refractivity contribution in [2.45, 2.75) is 78.6 Å². The van der Waals surface area contributed by atoms with Crippen LogP contribution in [0.1, 0.15) is 76.0 Å². The molecule has 0 saturated heterocycles. The minimum absolute atomic E-state index is 0. The van der Waals surface area contributed by atoms with E-state index in [1.807, 2.05) is 73.2 Å². The third kappa shape index (κ3) is 14.0. The summed E-state index contributed by atoms with van der Waals surface area (Å²) in [6.45, 7) is 6.64. The second-order valence-corrected chi connectivity index (χ2v) is 11.8. The first-order valence-corrected chi connectivity index (χ1v) is 17.5. The van der Waals surface area contributed by atoms with Crippen molar-refractivity contribution in [3.05, 3.63) is 163 Å². The van der Waals surface area contributed by atoms with Crippen molar-refractivity contribution in [1.29, 1.82) is 0 Å². The van der Waals surface area contributed by atoms with Gasteiger partial charge in [-0.05, 0) is 35.3 Å². The number of nitrogens with zero attached hydrogens (tertiary/aromatic N) is 3. The Bertz CT molecular complexity index is 1460. The maximum absolute atomic E-state index is 4.31. The molecule has 3 aromatic carbocycles. The minimum atomic E-state index is 0. The van der Waals surface area contributed by atoms with Gasteiger partial charge in [0.2, 0.25) is 0 Å². The van der Waals surface area contributed by atoms with Crippen LogP contribution in [-0.4, -0.2) is 15.0 Å².